The van der Waals surface area contributed by atoms with Crippen LogP contribution in [0.3, 0.4) is 0 Å². The van der Waals surface area contributed by atoms with Gasteiger partial charge < -0.3 is 16.0 Å². The molecule has 0 unspecified atom stereocenters. The summed E-state index contributed by atoms with van der Waals surface area (Å²) in [7, 11) is 0. The van der Waals surface area contributed by atoms with Crippen molar-refractivity contribution in [3.05, 3.63) is 24.4 Å². The zero-order valence-electron chi connectivity index (χ0n) is 12.3. The normalized spacial score (nSPS) is 17.1. The van der Waals surface area contributed by atoms with Gasteiger partial charge in [-0.25, -0.2) is 4.98 Å². The molecule has 0 aliphatic carbocycles. The Morgan fingerprint density at radius 2 is 2.15 bits per heavy atom. The van der Waals surface area contributed by atoms with Gasteiger partial charge in [-0.2, -0.15) is 0 Å². The predicted octanol–water partition coefficient (Wildman–Crippen LogP) is 1.29. The number of amides is 1. The molecule has 1 aliphatic rings. The molecule has 1 fully saturated rings. The number of pyridine rings is 1. The Labute approximate surface area is 120 Å². The number of nitrogens with zero attached hydrogens (tertiary/aromatic N) is 2. The van der Waals surface area contributed by atoms with E-state index in [9.17, 15) is 4.79 Å². The van der Waals surface area contributed by atoms with E-state index in [-0.39, 0.29) is 11.9 Å². The molecular formula is C15H24N4O. The first kappa shape index (κ1) is 14.8. The van der Waals surface area contributed by atoms with Crippen LogP contribution in [-0.2, 0) is 4.79 Å². The molecule has 1 amide bonds. The summed E-state index contributed by atoms with van der Waals surface area (Å²) < 4.78 is 0. The molecule has 5 nitrogen and oxygen atoms in total. The summed E-state index contributed by atoms with van der Waals surface area (Å²) in [4.78, 5) is 18.5. The van der Waals surface area contributed by atoms with E-state index in [1.165, 1.54) is 0 Å². The Morgan fingerprint density at radius 1 is 1.45 bits per heavy atom. The van der Waals surface area contributed by atoms with Gasteiger partial charge in [-0.05, 0) is 38.8 Å². The van der Waals surface area contributed by atoms with Gasteiger partial charge in [0.2, 0.25) is 5.91 Å². The topological polar surface area (TPSA) is 71.2 Å². The summed E-state index contributed by atoms with van der Waals surface area (Å²) in [6.07, 6.45) is 4.08. The molecular weight excluding hydrogens is 252 g/mol. The van der Waals surface area contributed by atoms with E-state index in [4.69, 9.17) is 5.73 Å². The number of hydrogen-bond acceptors (Lipinski definition) is 4. The minimum Gasteiger partial charge on any atom is -0.356 e. The highest BCUT2D eigenvalue weighted by Gasteiger charge is 2.23. The highest BCUT2D eigenvalue weighted by Crippen LogP contribution is 2.17. The van der Waals surface area contributed by atoms with Crippen molar-refractivity contribution in [3.63, 3.8) is 0 Å². The minimum atomic E-state index is -0.446. The second-order valence-corrected chi connectivity index (χ2v) is 6.18. The Bertz CT molecular complexity index is 433. The van der Waals surface area contributed by atoms with Gasteiger partial charge in [0, 0.05) is 37.3 Å². The van der Waals surface area contributed by atoms with E-state index in [0.29, 0.717) is 6.42 Å². The maximum Gasteiger partial charge on any atom is 0.222 e. The molecule has 1 aromatic heterocycles. The van der Waals surface area contributed by atoms with Crippen LogP contribution in [0.15, 0.2) is 24.4 Å². The first-order valence-corrected chi connectivity index (χ1v) is 7.18. The maximum atomic E-state index is 11.9. The van der Waals surface area contributed by atoms with E-state index in [1.807, 2.05) is 38.2 Å². The number of piperidine rings is 1. The number of carbonyl (C=O) groups is 1. The Kier molecular flexibility index (Phi) is 4.60. The molecule has 2 heterocycles. The van der Waals surface area contributed by atoms with Crippen LogP contribution in [0.2, 0.25) is 0 Å². The molecule has 20 heavy (non-hydrogen) atoms. The lowest BCUT2D eigenvalue weighted by Crippen LogP contribution is -2.47. The average molecular weight is 276 g/mol. The van der Waals surface area contributed by atoms with Gasteiger partial charge in [-0.3, -0.25) is 4.79 Å². The number of carbonyl (C=O) groups excluding carboxylic acids is 1. The van der Waals surface area contributed by atoms with Crippen LogP contribution >= 0.6 is 0 Å². The summed E-state index contributed by atoms with van der Waals surface area (Å²) in [5.74, 6) is 1.06. The van der Waals surface area contributed by atoms with E-state index in [1.54, 1.807) is 0 Å². The molecule has 5 heteroatoms. The van der Waals surface area contributed by atoms with Gasteiger partial charge in [-0.1, -0.05) is 6.07 Å². The summed E-state index contributed by atoms with van der Waals surface area (Å²) >= 11 is 0. The molecule has 0 spiro atoms. The van der Waals surface area contributed by atoms with Gasteiger partial charge in [0.05, 0.1) is 0 Å². The standard InChI is InChI=1S/C15H24N4O/c1-15(2,16)11-14(20)18-12-6-9-19(10-7-12)13-5-3-4-8-17-13/h3-5,8,12H,6-7,9-11,16H2,1-2H3,(H,18,20). The van der Waals surface area contributed by atoms with Crippen LogP contribution in [0.25, 0.3) is 0 Å². The van der Waals surface area contributed by atoms with Crippen molar-refractivity contribution in [2.45, 2.75) is 44.7 Å². The van der Waals surface area contributed by atoms with E-state index in [0.717, 1.165) is 31.7 Å². The van der Waals surface area contributed by atoms with Crippen molar-refractivity contribution in [1.29, 1.82) is 0 Å². The Balaban J connectivity index is 1.79. The molecule has 0 radical (unpaired) electrons. The first-order valence-electron chi connectivity index (χ1n) is 7.18. The second kappa shape index (κ2) is 6.22. The molecule has 2 rings (SSSR count). The van der Waals surface area contributed by atoms with E-state index >= 15 is 0 Å². The van der Waals surface area contributed by atoms with Crippen LogP contribution < -0.4 is 16.0 Å². The fraction of sp³-hybridized carbons (Fsp3) is 0.600. The third-order valence-electron chi connectivity index (χ3n) is 3.45. The molecule has 1 aromatic rings. The van der Waals surface area contributed by atoms with Crippen LogP contribution in [0, 0.1) is 0 Å². The maximum absolute atomic E-state index is 11.9. The SMILES string of the molecule is CC(C)(N)CC(=O)NC1CCN(c2ccccn2)CC1. The smallest absolute Gasteiger partial charge is 0.222 e. The lowest BCUT2D eigenvalue weighted by atomic mass is 10.00. The quantitative estimate of drug-likeness (QED) is 0.869. The van der Waals surface area contributed by atoms with E-state index in [2.05, 4.69) is 15.2 Å². The molecule has 3 N–H and O–H groups in total. The lowest BCUT2D eigenvalue weighted by molar-refractivity contribution is -0.122. The molecule has 0 bridgehead atoms. The van der Waals surface area contributed by atoms with Gasteiger partial charge >= 0.3 is 0 Å². The van der Waals surface area contributed by atoms with Crippen LogP contribution in [0.4, 0.5) is 5.82 Å². The number of anilines is 1. The number of nitrogens with two attached hydrogens (primary N) is 1. The molecule has 1 saturated heterocycles. The molecule has 1 aliphatic heterocycles. The molecule has 0 saturated carbocycles. The van der Waals surface area contributed by atoms with Crippen molar-refractivity contribution in [2.75, 3.05) is 18.0 Å². The van der Waals surface area contributed by atoms with Crippen molar-refractivity contribution >= 4 is 11.7 Å². The summed E-state index contributed by atoms with van der Waals surface area (Å²) in [6, 6.07) is 6.20. The van der Waals surface area contributed by atoms with Crippen molar-refractivity contribution in [1.82, 2.24) is 10.3 Å². The highest BCUT2D eigenvalue weighted by molar-refractivity contribution is 5.77. The van der Waals surface area contributed by atoms with Gasteiger partial charge in [0.15, 0.2) is 0 Å². The van der Waals surface area contributed by atoms with Crippen LogP contribution in [-0.4, -0.2) is 35.6 Å². The van der Waals surface area contributed by atoms with Gasteiger partial charge in [-0.15, -0.1) is 0 Å². The number of hydrogen-bond donors (Lipinski definition) is 2. The summed E-state index contributed by atoms with van der Waals surface area (Å²) in [5.41, 5.74) is 5.42. The van der Waals surface area contributed by atoms with Gasteiger partial charge in [0.1, 0.15) is 5.82 Å². The third kappa shape index (κ3) is 4.49. The van der Waals surface area contributed by atoms with Crippen molar-refractivity contribution in [3.8, 4) is 0 Å². The predicted molar refractivity (Wildman–Crippen MR) is 80.5 cm³/mol. The minimum absolute atomic E-state index is 0.0498. The fourth-order valence-electron chi connectivity index (χ4n) is 2.49. The van der Waals surface area contributed by atoms with E-state index < -0.39 is 5.54 Å². The van der Waals surface area contributed by atoms with Crippen LogP contribution in [0.1, 0.15) is 33.1 Å². The van der Waals surface area contributed by atoms with Crippen molar-refractivity contribution < 1.29 is 4.79 Å². The monoisotopic (exact) mass is 276 g/mol. The van der Waals surface area contributed by atoms with Gasteiger partial charge in [0.25, 0.3) is 0 Å². The second-order valence-electron chi connectivity index (χ2n) is 6.18. The highest BCUT2D eigenvalue weighted by atomic mass is 16.1. The number of nitrogens with one attached hydrogen (secondary N) is 1. The fourth-order valence-corrected chi connectivity index (χ4v) is 2.49. The average Bonchev–Trinajstić information content (AvgIpc) is 2.38. The zero-order chi connectivity index (χ0) is 14.6. The summed E-state index contributed by atoms with van der Waals surface area (Å²) in [6.45, 7) is 5.59. The number of rotatable bonds is 4. The number of aromatic nitrogens is 1. The molecule has 0 aromatic carbocycles. The Hall–Kier alpha value is -1.62. The lowest BCUT2D eigenvalue weighted by Gasteiger charge is -2.33. The van der Waals surface area contributed by atoms with Crippen molar-refractivity contribution in [2.24, 2.45) is 5.73 Å². The largest absolute Gasteiger partial charge is 0.356 e. The third-order valence-corrected chi connectivity index (χ3v) is 3.45. The molecule has 110 valence electrons. The Morgan fingerprint density at radius 3 is 2.70 bits per heavy atom. The zero-order valence-corrected chi connectivity index (χ0v) is 12.3. The van der Waals surface area contributed by atoms with Crippen LogP contribution in [0.5, 0.6) is 0 Å². The first-order chi connectivity index (χ1) is 9.44. The summed E-state index contributed by atoms with van der Waals surface area (Å²) in [5, 5.41) is 3.08. The molecule has 0 atom stereocenters.